The number of hydrogen-bond donors (Lipinski definition) is 1. The molecule has 0 saturated carbocycles. The van der Waals surface area contributed by atoms with Crippen molar-refractivity contribution in [3.63, 3.8) is 0 Å². The van der Waals surface area contributed by atoms with E-state index in [0.717, 1.165) is 9.26 Å². The largest absolute Gasteiger partial charge is 0.306 e. The van der Waals surface area contributed by atoms with E-state index in [9.17, 15) is 4.79 Å². The molecule has 1 N–H and O–H groups in total. The van der Waals surface area contributed by atoms with E-state index in [1.54, 1.807) is 23.1 Å². The zero-order valence-corrected chi connectivity index (χ0v) is 13.1. The molecule has 0 atom stereocenters. The number of carbonyl (C=O) groups excluding carboxylic acids is 1. The van der Waals surface area contributed by atoms with Crippen molar-refractivity contribution < 1.29 is 4.79 Å². The van der Waals surface area contributed by atoms with Gasteiger partial charge in [-0.3, -0.25) is 4.79 Å². The molecule has 104 valence electrons. The summed E-state index contributed by atoms with van der Waals surface area (Å²) in [5.74, 6) is 0.291. The Hall–Kier alpha value is -2.22. The number of anilines is 1. The summed E-state index contributed by atoms with van der Waals surface area (Å²) >= 11 is 2.16. The van der Waals surface area contributed by atoms with Crippen molar-refractivity contribution in [2.75, 3.05) is 5.32 Å². The molecule has 0 aliphatic carbocycles. The maximum atomic E-state index is 12.1. The third kappa shape index (κ3) is 3.27. The maximum absolute atomic E-state index is 12.1. The van der Waals surface area contributed by atoms with Crippen LogP contribution in [0.25, 0.3) is 5.69 Å². The minimum atomic E-state index is -0.231. The van der Waals surface area contributed by atoms with Gasteiger partial charge < -0.3 is 5.32 Å². The van der Waals surface area contributed by atoms with Crippen LogP contribution in [0.3, 0.4) is 0 Å². The van der Waals surface area contributed by atoms with Gasteiger partial charge in [0.2, 0.25) is 0 Å². The smallest absolute Gasteiger partial charge is 0.260 e. The number of pyridine rings is 1. The predicted molar refractivity (Wildman–Crippen MR) is 88.5 cm³/mol. The van der Waals surface area contributed by atoms with Crippen molar-refractivity contribution in [1.82, 2.24) is 14.8 Å². The highest BCUT2D eigenvalue weighted by Gasteiger charge is 2.10. The van der Waals surface area contributed by atoms with E-state index in [1.807, 2.05) is 36.4 Å². The van der Waals surface area contributed by atoms with Gasteiger partial charge in [0.15, 0.2) is 0 Å². The van der Waals surface area contributed by atoms with Crippen LogP contribution in [0.2, 0.25) is 0 Å². The number of aromatic nitrogens is 3. The zero-order valence-electron chi connectivity index (χ0n) is 10.9. The molecule has 6 heteroatoms. The lowest BCUT2D eigenvalue weighted by atomic mass is 10.3. The fourth-order valence-electron chi connectivity index (χ4n) is 1.80. The number of carbonyl (C=O) groups is 1. The van der Waals surface area contributed by atoms with E-state index in [1.165, 1.54) is 6.20 Å². The van der Waals surface area contributed by atoms with Crippen LogP contribution in [0.4, 0.5) is 5.82 Å². The summed E-state index contributed by atoms with van der Waals surface area (Å²) in [6.07, 6.45) is 4.93. The normalized spacial score (nSPS) is 10.3. The molecule has 1 aromatic carbocycles. The first-order chi connectivity index (χ1) is 10.2. The van der Waals surface area contributed by atoms with Crippen molar-refractivity contribution in [3.8, 4) is 5.69 Å². The van der Waals surface area contributed by atoms with Gasteiger partial charge in [-0.1, -0.05) is 18.2 Å². The Bertz CT molecular complexity index is 753. The highest BCUT2D eigenvalue weighted by atomic mass is 127. The first-order valence-corrected chi connectivity index (χ1v) is 7.33. The summed E-state index contributed by atoms with van der Waals surface area (Å²) in [6, 6.07) is 13.3. The highest BCUT2D eigenvalue weighted by Crippen LogP contribution is 2.11. The van der Waals surface area contributed by atoms with Crippen LogP contribution in [-0.4, -0.2) is 20.7 Å². The first kappa shape index (κ1) is 13.7. The Morgan fingerprint density at radius 2 is 1.90 bits per heavy atom. The van der Waals surface area contributed by atoms with Gasteiger partial charge in [-0.05, 0) is 46.9 Å². The van der Waals surface area contributed by atoms with E-state index >= 15 is 0 Å². The Labute approximate surface area is 135 Å². The van der Waals surface area contributed by atoms with Crippen molar-refractivity contribution >= 4 is 34.3 Å². The Morgan fingerprint density at radius 1 is 1.10 bits per heavy atom. The molecule has 0 radical (unpaired) electrons. The van der Waals surface area contributed by atoms with Crippen LogP contribution in [0.15, 0.2) is 61.1 Å². The molecule has 3 aromatic rings. The van der Waals surface area contributed by atoms with Gasteiger partial charge in [-0.2, -0.15) is 5.10 Å². The van der Waals surface area contributed by atoms with Crippen LogP contribution in [-0.2, 0) is 0 Å². The highest BCUT2D eigenvalue weighted by molar-refractivity contribution is 14.1. The summed E-state index contributed by atoms with van der Waals surface area (Å²) in [7, 11) is 0. The van der Waals surface area contributed by atoms with Crippen LogP contribution < -0.4 is 5.32 Å². The number of halogens is 1. The number of benzene rings is 1. The molecule has 5 nitrogen and oxygen atoms in total. The number of nitrogens with zero attached hydrogens (tertiary/aromatic N) is 3. The van der Waals surface area contributed by atoms with Gasteiger partial charge >= 0.3 is 0 Å². The topological polar surface area (TPSA) is 59.8 Å². The molecule has 0 bridgehead atoms. The van der Waals surface area contributed by atoms with Gasteiger partial charge in [0.1, 0.15) is 5.82 Å². The maximum Gasteiger partial charge on any atom is 0.260 e. The van der Waals surface area contributed by atoms with Crippen molar-refractivity contribution in [1.29, 1.82) is 0 Å². The molecule has 0 saturated heterocycles. The van der Waals surface area contributed by atoms with Crippen LogP contribution in [0.1, 0.15) is 10.4 Å². The first-order valence-electron chi connectivity index (χ1n) is 6.25. The summed E-state index contributed by atoms with van der Waals surface area (Å²) in [6.45, 7) is 0. The average molecular weight is 390 g/mol. The minimum absolute atomic E-state index is 0.231. The quantitative estimate of drug-likeness (QED) is 0.700. The second-order valence-corrected chi connectivity index (χ2v) is 5.57. The third-order valence-corrected chi connectivity index (χ3v) is 3.47. The number of para-hydroxylation sites is 1. The second-order valence-electron chi connectivity index (χ2n) is 4.32. The molecule has 0 aliphatic heterocycles. The number of nitrogens with one attached hydrogen (secondary N) is 1. The fourth-order valence-corrected chi connectivity index (χ4v) is 2.12. The lowest BCUT2D eigenvalue weighted by Crippen LogP contribution is -2.12. The zero-order chi connectivity index (χ0) is 14.7. The minimum Gasteiger partial charge on any atom is -0.306 e. The van der Waals surface area contributed by atoms with Gasteiger partial charge in [0, 0.05) is 16.0 Å². The fraction of sp³-hybridized carbons (Fsp3) is 0. The van der Waals surface area contributed by atoms with Gasteiger partial charge in [-0.25, -0.2) is 9.67 Å². The molecule has 0 spiro atoms. The average Bonchev–Trinajstić information content (AvgIpc) is 3.00. The predicted octanol–water partition coefficient (Wildman–Crippen LogP) is 3.12. The summed E-state index contributed by atoms with van der Waals surface area (Å²) in [4.78, 5) is 16.3. The van der Waals surface area contributed by atoms with Gasteiger partial charge in [-0.15, -0.1) is 0 Å². The summed E-state index contributed by atoms with van der Waals surface area (Å²) < 4.78 is 2.68. The molecule has 3 rings (SSSR count). The van der Waals surface area contributed by atoms with E-state index in [4.69, 9.17) is 0 Å². The third-order valence-electron chi connectivity index (χ3n) is 2.83. The molecule has 0 aliphatic rings. The van der Waals surface area contributed by atoms with E-state index in [-0.39, 0.29) is 5.91 Å². The summed E-state index contributed by atoms with van der Waals surface area (Å²) in [5.41, 5.74) is 1.39. The van der Waals surface area contributed by atoms with Gasteiger partial charge in [0.05, 0.1) is 17.4 Å². The molecular weight excluding hydrogens is 379 g/mol. The lowest BCUT2D eigenvalue weighted by Gasteiger charge is -2.02. The second kappa shape index (κ2) is 6.04. The SMILES string of the molecule is O=C(Nc1ccc(I)cn1)c1cnn(-c2ccccc2)c1. The summed E-state index contributed by atoms with van der Waals surface area (Å²) in [5, 5.41) is 6.94. The number of amides is 1. The number of hydrogen-bond acceptors (Lipinski definition) is 3. The standard InChI is InChI=1S/C15H11IN4O/c16-12-6-7-14(17-9-12)19-15(21)11-8-18-20(10-11)13-4-2-1-3-5-13/h1-10H,(H,17,19,21). The van der Waals surface area contributed by atoms with Crippen LogP contribution in [0, 0.1) is 3.57 Å². The Kier molecular flexibility index (Phi) is 3.96. The number of rotatable bonds is 3. The molecule has 0 fully saturated rings. The Morgan fingerprint density at radius 3 is 2.62 bits per heavy atom. The van der Waals surface area contributed by atoms with E-state index in [0.29, 0.717) is 11.4 Å². The molecule has 0 unspecified atom stereocenters. The van der Waals surface area contributed by atoms with Crippen molar-refractivity contribution in [2.24, 2.45) is 0 Å². The van der Waals surface area contributed by atoms with Crippen LogP contribution >= 0.6 is 22.6 Å². The molecule has 2 heterocycles. The van der Waals surface area contributed by atoms with Gasteiger partial charge in [0.25, 0.3) is 5.91 Å². The van der Waals surface area contributed by atoms with Crippen molar-refractivity contribution in [3.05, 3.63) is 70.2 Å². The van der Waals surface area contributed by atoms with Crippen molar-refractivity contribution in [2.45, 2.75) is 0 Å². The molecule has 2 aromatic heterocycles. The monoisotopic (exact) mass is 390 g/mol. The molecule has 21 heavy (non-hydrogen) atoms. The van der Waals surface area contributed by atoms with E-state index < -0.39 is 0 Å². The lowest BCUT2D eigenvalue weighted by molar-refractivity contribution is 0.102. The Balaban J connectivity index is 1.77. The van der Waals surface area contributed by atoms with Crippen LogP contribution in [0.5, 0.6) is 0 Å². The molecular formula is C15H11IN4O. The van der Waals surface area contributed by atoms with E-state index in [2.05, 4.69) is 38.0 Å². The molecule has 1 amide bonds.